The lowest BCUT2D eigenvalue weighted by Crippen LogP contribution is -2.06. The minimum Gasteiger partial charge on any atom is -0.455 e. The first-order valence-corrected chi connectivity index (χ1v) is 9.40. The fraction of sp³-hybridized carbons (Fsp3) is 0.143. The lowest BCUT2D eigenvalue weighted by atomic mass is 10.2. The van der Waals surface area contributed by atoms with E-state index in [0.29, 0.717) is 17.1 Å². The molecule has 3 heterocycles. The molecule has 0 N–H and O–H groups in total. The van der Waals surface area contributed by atoms with Gasteiger partial charge in [-0.25, -0.2) is 9.78 Å². The fourth-order valence-electron chi connectivity index (χ4n) is 2.93. The van der Waals surface area contributed by atoms with Crippen LogP contribution in [0.4, 0.5) is 0 Å². The number of benzene rings is 1. The van der Waals surface area contributed by atoms with Crippen LogP contribution in [0, 0.1) is 13.8 Å². The van der Waals surface area contributed by atoms with Crippen molar-refractivity contribution in [2.45, 2.75) is 20.5 Å². The Hall–Kier alpha value is -3.12. The first-order valence-electron chi connectivity index (χ1n) is 8.52. The van der Waals surface area contributed by atoms with Crippen LogP contribution in [0.1, 0.15) is 27.4 Å². The van der Waals surface area contributed by atoms with Crippen molar-refractivity contribution in [1.82, 2.24) is 9.55 Å². The third-order valence-electron chi connectivity index (χ3n) is 4.27. The highest BCUT2D eigenvalue weighted by atomic mass is 32.1. The van der Waals surface area contributed by atoms with Crippen molar-refractivity contribution in [2.24, 2.45) is 0 Å². The van der Waals surface area contributed by atoms with Crippen LogP contribution < -0.4 is 0 Å². The summed E-state index contributed by atoms with van der Waals surface area (Å²) in [4.78, 5) is 17.6. The second kappa shape index (κ2) is 7.25. The Morgan fingerprint density at radius 3 is 2.52 bits per heavy atom. The predicted octanol–water partition coefficient (Wildman–Crippen LogP) is 5.17. The van der Waals surface area contributed by atoms with Gasteiger partial charge < -0.3 is 13.7 Å². The zero-order valence-electron chi connectivity index (χ0n) is 15.0. The number of rotatable bonds is 5. The number of oxazole rings is 1. The zero-order valence-corrected chi connectivity index (χ0v) is 15.8. The molecule has 0 saturated heterocycles. The lowest BCUT2D eigenvalue weighted by Gasteiger charge is -2.10. The number of carbonyl (C=O) groups is 1. The Morgan fingerprint density at radius 1 is 1.11 bits per heavy atom. The van der Waals surface area contributed by atoms with E-state index < -0.39 is 0 Å². The summed E-state index contributed by atoms with van der Waals surface area (Å²) in [6.07, 6.45) is 1.52. The number of ether oxygens (including phenoxy) is 1. The summed E-state index contributed by atoms with van der Waals surface area (Å²) >= 11 is 1.55. The van der Waals surface area contributed by atoms with Gasteiger partial charge in [-0.3, -0.25) is 0 Å². The first kappa shape index (κ1) is 17.3. The molecule has 27 heavy (non-hydrogen) atoms. The van der Waals surface area contributed by atoms with Gasteiger partial charge in [0, 0.05) is 17.1 Å². The number of thiophene rings is 1. The second-order valence-electron chi connectivity index (χ2n) is 6.20. The molecule has 0 amide bonds. The highest BCUT2D eigenvalue weighted by Crippen LogP contribution is 2.24. The van der Waals surface area contributed by atoms with E-state index in [4.69, 9.17) is 9.15 Å². The van der Waals surface area contributed by atoms with Crippen molar-refractivity contribution in [3.63, 3.8) is 0 Å². The largest absolute Gasteiger partial charge is 0.455 e. The van der Waals surface area contributed by atoms with Gasteiger partial charge in [-0.1, -0.05) is 6.07 Å². The molecule has 0 radical (unpaired) electrons. The Balaban J connectivity index is 1.41. The van der Waals surface area contributed by atoms with E-state index in [1.165, 1.54) is 6.26 Å². The van der Waals surface area contributed by atoms with Crippen molar-refractivity contribution in [3.8, 4) is 16.5 Å². The predicted molar refractivity (Wildman–Crippen MR) is 104 cm³/mol. The molecule has 0 saturated carbocycles. The topological polar surface area (TPSA) is 57.3 Å². The third kappa shape index (κ3) is 3.57. The number of aryl methyl sites for hydroxylation is 2. The van der Waals surface area contributed by atoms with E-state index in [1.54, 1.807) is 23.5 Å². The molecule has 0 bridgehead atoms. The number of nitrogens with zero attached hydrogens (tertiary/aromatic N) is 2. The third-order valence-corrected chi connectivity index (χ3v) is 5.13. The van der Waals surface area contributed by atoms with Gasteiger partial charge in [0.1, 0.15) is 18.6 Å². The van der Waals surface area contributed by atoms with Gasteiger partial charge in [0.05, 0.1) is 10.4 Å². The van der Waals surface area contributed by atoms with Crippen molar-refractivity contribution in [1.29, 1.82) is 0 Å². The van der Waals surface area contributed by atoms with Gasteiger partial charge in [-0.2, -0.15) is 0 Å². The fourth-order valence-corrected chi connectivity index (χ4v) is 3.59. The quantitative estimate of drug-likeness (QED) is 0.450. The average molecular weight is 378 g/mol. The molecule has 0 aliphatic heterocycles. The maximum absolute atomic E-state index is 12.3. The molecule has 0 fully saturated rings. The van der Waals surface area contributed by atoms with E-state index in [0.717, 1.165) is 22.0 Å². The molecule has 0 aliphatic rings. The SMILES string of the molecule is Cc1ccc(C)n1-c1ccc(C(=O)OCc2coc(-c3cccs3)n2)cc1. The first-order chi connectivity index (χ1) is 13.1. The molecule has 136 valence electrons. The summed E-state index contributed by atoms with van der Waals surface area (Å²) in [5, 5.41) is 1.96. The van der Waals surface area contributed by atoms with Crippen molar-refractivity contribution < 1.29 is 13.9 Å². The average Bonchev–Trinajstić information content (AvgIpc) is 3.41. The Kier molecular flexibility index (Phi) is 4.64. The lowest BCUT2D eigenvalue weighted by molar-refractivity contribution is 0.0468. The molecule has 3 aromatic heterocycles. The maximum atomic E-state index is 12.3. The van der Waals surface area contributed by atoms with Crippen LogP contribution >= 0.6 is 11.3 Å². The van der Waals surface area contributed by atoms with E-state index in [2.05, 4.69) is 35.5 Å². The number of esters is 1. The van der Waals surface area contributed by atoms with E-state index in [-0.39, 0.29) is 12.6 Å². The summed E-state index contributed by atoms with van der Waals surface area (Å²) in [6, 6.07) is 15.4. The van der Waals surface area contributed by atoms with Crippen molar-refractivity contribution in [2.75, 3.05) is 0 Å². The molecule has 5 nitrogen and oxygen atoms in total. The smallest absolute Gasteiger partial charge is 0.338 e. The maximum Gasteiger partial charge on any atom is 0.338 e. The van der Waals surface area contributed by atoms with Gasteiger partial charge in [0.15, 0.2) is 0 Å². The molecule has 0 atom stereocenters. The Bertz CT molecular complexity index is 1040. The van der Waals surface area contributed by atoms with Crippen LogP contribution in [-0.4, -0.2) is 15.5 Å². The Labute approximate surface area is 160 Å². The van der Waals surface area contributed by atoms with Crippen molar-refractivity contribution in [3.05, 3.63) is 82.8 Å². The van der Waals surface area contributed by atoms with Gasteiger partial charge in [0.25, 0.3) is 0 Å². The van der Waals surface area contributed by atoms with E-state index in [9.17, 15) is 4.79 Å². The normalized spacial score (nSPS) is 10.9. The minimum atomic E-state index is -0.386. The monoisotopic (exact) mass is 378 g/mol. The number of aromatic nitrogens is 2. The number of hydrogen-bond acceptors (Lipinski definition) is 5. The molecule has 6 heteroatoms. The number of hydrogen-bond donors (Lipinski definition) is 0. The summed E-state index contributed by atoms with van der Waals surface area (Å²) in [6.45, 7) is 4.18. The minimum absolute atomic E-state index is 0.0747. The van der Waals surface area contributed by atoms with Gasteiger partial charge >= 0.3 is 5.97 Å². The van der Waals surface area contributed by atoms with Gasteiger partial charge in [-0.05, 0) is 61.7 Å². The second-order valence-corrected chi connectivity index (χ2v) is 7.14. The summed E-state index contributed by atoms with van der Waals surface area (Å²) in [7, 11) is 0. The van der Waals surface area contributed by atoms with Crippen LogP contribution in [0.2, 0.25) is 0 Å². The van der Waals surface area contributed by atoms with Gasteiger partial charge in [0.2, 0.25) is 5.89 Å². The molecule has 0 unspecified atom stereocenters. The molecule has 0 aliphatic carbocycles. The molecular weight excluding hydrogens is 360 g/mol. The molecule has 1 aromatic carbocycles. The van der Waals surface area contributed by atoms with Crippen LogP contribution in [0.25, 0.3) is 16.5 Å². The van der Waals surface area contributed by atoms with E-state index in [1.807, 2.05) is 29.6 Å². The molecule has 4 aromatic rings. The van der Waals surface area contributed by atoms with Crippen LogP contribution in [0.3, 0.4) is 0 Å². The zero-order chi connectivity index (χ0) is 18.8. The van der Waals surface area contributed by atoms with E-state index >= 15 is 0 Å². The molecule has 4 rings (SSSR count). The molecular formula is C21H18N2O3S. The van der Waals surface area contributed by atoms with Crippen molar-refractivity contribution >= 4 is 17.3 Å². The van der Waals surface area contributed by atoms with Crippen LogP contribution in [-0.2, 0) is 11.3 Å². The van der Waals surface area contributed by atoms with Crippen LogP contribution in [0.5, 0.6) is 0 Å². The summed E-state index contributed by atoms with van der Waals surface area (Å²) in [5.74, 6) is 0.154. The van der Waals surface area contributed by atoms with Gasteiger partial charge in [-0.15, -0.1) is 11.3 Å². The number of carbonyl (C=O) groups excluding carboxylic acids is 1. The highest BCUT2D eigenvalue weighted by Gasteiger charge is 2.12. The summed E-state index contributed by atoms with van der Waals surface area (Å²) < 4.78 is 12.9. The summed E-state index contributed by atoms with van der Waals surface area (Å²) in [5.41, 5.74) is 4.40. The highest BCUT2D eigenvalue weighted by molar-refractivity contribution is 7.13. The Morgan fingerprint density at radius 2 is 1.85 bits per heavy atom. The molecule has 0 spiro atoms. The standard InChI is InChI=1S/C21H18N2O3S/c1-14-5-6-15(2)23(14)18-9-7-16(8-10-18)21(24)26-13-17-12-25-20(22-17)19-4-3-11-27-19/h3-12H,13H2,1-2H3. The van der Waals surface area contributed by atoms with Crippen LogP contribution in [0.15, 0.2) is 64.6 Å².